The number of hydrogen-bond acceptors (Lipinski definition) is 9. The zero-order valence-corrected chi connectivity index (χ0v) is 29.5. The van der Waals surface area contributed by atoms with Crippen LogP contribution in [0.3, 0.4) is 0 Å². The van der Waals surface area contributed by atoms with Gasteiger partial charge in [-0.2, -0.15) is 10.2 Å². The van der Waals surface area contributed by atoms with E-state index in [1.54, 1.807) is 29.7 Å². The molecule has 2 fully saturated rings. The fourth-order valence-electron chi connectivity index (χ4n) is 7.15. The Kier molecular flexibility index (Phi) is 10.3. The molecule has 2 aliphatic heterocycles. The smallest absolute Gasteiger partial charge is 0.350 e. The molecule has 3 aromatic carbocycles. The van der Waals surface area contributed by atoms with Crippen molar-refractivity contribution in [2.45, 2.75) is 68.6 Å². The van der Waals surface area contributed by atoms with Gasteiger partial charge in [0.25, 0.3) is 0 Å². The second-order valence-electron chi connectivity index (χ2n) is 13.2. The monoisotopic (exact) mass is 716 g/mol. The van der Waals surface area contributed by atoms with Crippen molar-refractivity contribution in [3.8, 4) is 5.69 Å². The summed E-state index contributed by atoms with van der Waals surface area (Å²) in [5.74, 6) is -0.493. The number of hydrogen-bond donors (Lipinski definition) is 1. The molecule has 0 saturated carbocycles. The molecule has 4 unspecified atom stereocenters. The molecule has 2 aliphatic rings. The van der Waals surface area contributed by atoms with Crippen LogP contribution >= 0.6 is 11.8 Å². The van der Waals surface area contributed by atoms with E-state index in [-0.39, 0.29) is 17.2 Å². The van der Waals surface area contributed by atoms with Gasteiger partial charge in [-0.05, 0) is 74.2 Å². The van der Waals surface area contributed by atoms with Gasteiger partial charge < -0.3 is 19.6 Å². The third kappa shape index (κ3) is 7.44. The number of thioether (sulfide) groups is 1. The lowest BCUT2D eigenvalue weighted by Gasteiger charge is -2.37. The van der Waals surface area contributed by atoms with Crippen molar-refractivity contribution in [1.82, 2.24) is 29.1 Å². The molecule has 51 heavy (non-hydrogen) atoms. The first-order chi connectivity index (χ1) is 24.7. The van der Waals surface area contributed by atoms with Crippen LogP contribution in [0.2, 0.25) is 0 Å². The lowest BCUT2D eigenvalue weighted by Crippen LogP contribution is -2.46. The van der Waals surface area contributed by atoms with Crippen LogP contribution in [-0.2, 0) is 22.6 Å². The highest BCUT2D eigenvalue weighted by Gasteiger charge is 2.44. The molecule has 0 amide bonds. The van der Waals surface area contributed by atoms with E-state index in [1.165, 1.54) is 45.3 Å². The third-order valence-electron chi connectivity index (χ3n) is 9.94. The molecule has 11 nitrogen and oxygen atoms in total. The molecule has 268 valence electrons. The first-order valence-corrected chi connectivity index (χ1v) is 18.4. The number of anilines is 2. The van der Waals surface area contributed by atoms with E-state index >= 15 is 0 Å². The van der Waals surface area contributed by atoms with Crippen molar-refractivity contribution in [2.24, 2.45) is 0 Å². The number of nitrogens with zero attached hydrogens (tertiary/aromatic N) is 8. The summed E-state index contributed by atoms with van der Waals surface area (Å²) >= 11 is 1.68. The Morgan fingerprint density at radius 3 is 2.22 bits per heavy atom. The third-order valence-corrected chi connectivity index (χ3v) is 11.1. The minimum atomic E-state index is -0.959. The minimum Gasteiger partial charge on any atom is -0.391 e. The van der Waals surface area contributed by atoms with Crippen LogP contribution in [-0.4, -0.2) is 71.9 Å². The van der Waals surface area contributed by atoms with Crippen LogP contribution in [0.5, 0.6) is 0 Å². The summed E-state index contributed by atoms with van der Waals surface area (Å²) in [5.41, 5.74) is 3.15. The van der Waals surface area contributed by atoms with Gasteiger partial charge in [0, 0.05) is 54.9 Å². The van der Waals surface area contributed by atoms with Crippen molar-refractivity contribution < 1.29 is 18.6 Å². The Hall–Kier alpha value is -4.53. The predicted octanol–water partition coefficient (Wildman–Crippen LogP) is 5.53. The first-order valence-electron chi connectivity index (χ1n) is 17.3. The number of rotatable bonds is 12. The van der Waals surface area contributed by atoms with E-state index in [0.717, 1.165) is 55.8 Å². The van der Waals surface area contributed by atoms with Gasteiger partial charge in [0.15, 0.2) is 0 Å². The summed E-state index contributed by atoms with van der Waals surface area (Å²) in [6, 6.07) is 19.9. The predicted molar refractivity (Wildman–Crippen MR) is 193 cm³/mol. The maximum Gasteiger partial charge on any atom is 0.350 e. The van der Waals surface area contributed by atoms with Crippen molar-refractivity contribution in [2.75, 3.05) is 36.0 Å². The molecular formula is C37H42F2N8O3S. The average molecular weight is 717 g/mol. The fraction of sp³-hybridized carbons (Fsp3) is 0.405. The highest BCUT2D eigenvalue weighted by Crippen LogP contribution is 2.45. The molecule has 2 saturated heterocycles. The van der Waals surface area contributed by atoms with Crippen molar-refractivity contribution in [3.05, 3.63) is 119 Å². The van der Waals surface area contributed by atoms with Crippen molar-refractivity contribution in [1.29, 1.82) is 0 Å². The Labute approximate surface area is 299 Å². The molecule has 5 aromatic rings. The lowest BCUT2D eigenvalue weighted by atomic mass is 9.90. The molecule has 0 radical (unpaired) electrons. The summed E-state index contributed by atoms with van der Waals surface area (Å²) in [6.07, 6.45) is 5.78. The molecule has 0 aliphatic carbocycles. The minimum absolute atomic E-state index is 0.151. The van der Waals surface area contributed by atoms with Gasteiger partial charge in [-0.1, -0.05) is 25.1 Å². The molecule has 14 heteroatoms. The SMILES string of the molecule is CCC(C(C)O)n1ncn(-c2ccc(N3CCN(c4ccc(CSC5CCC(Cn6cncn6)(c6ccc(F)cc6F)O5)cc4)CC3)cc2)c1=O. The normalized spacial score (nSPS) is 20.5. The van der Waals surface area contributed by atoms with Gasteiger partial charge in [-0.3, -0.25) is 0 Å². The second-order valence-corrected chi connectivity index (χ2v) is 14.4. The van der Waals surface area contributed by atoms with Gasteiger partial charge >= 0.3 is 5.69 Å². The van der Waals surface area contributed by atoms with Crippen LogP contribution in [0.1, 0.15) is 50.3 Å². The van der Waals surface area contributed by atoms with Gasteiger partial charge in [-0.25, -0.2) is 32.5 Å². The van der Waals surface area contributed by atoms with Gasteiger partial charge in [0.1, 0.15) is 41.7 Å². The van der Waals surface area contributed by atoms with Crippen LogP contribution < -0.4 is 15.5 Å². The number of aliphatic hydroxyl groups excluding tert-OH is 1. The van der Waals surface area contributed by atoms with Gasteiger partial charge in [0.05, 0.1) is 24.4 Å². The van der Waals surface area contributed by atoms with E-state index in [4.69, 9.17) is 4.74 Å². The molecule has 1 N–H and O–H groups in total. The summed E-state index contributed by atoms with van der Waals surface area (Å²) in [5, 5.41) is 18.5. The Morgan fingerprint density at radius 2 is 1.61 bits per heavy atom. The fourth-order valence-corrected chi connectivity index (χ4v) is 8.26. The number of benzene rings is 3. The zero-order chi connectivity index (χ0) is 35.5. The largest absolute Gasteiger partial charge is 0.391 e. The standard InChI is InChI=1S/C37H42F2N8O3S/c1-3-34(26(2)48)47-36(49)46(25-42-47)31-11-9-30(10-12-31)44-18-16-43(17-19-44)29-7-4-27(5-8-29)21-51-35-14-15-37(50-35,22-45-24-40-23-41-45)32-13-6-28(38)20-33(32)39/h4-13,20,23-26,34-35,48H,3,14-19,21-22H2,1-2H3. The topological polar surface area (TPSA) is 106 Å². The highest BCUT2D eigenvalue weighted by molar-refractivity contribution is 7.99. The summed E-state index contributed by atoms with van der Waals surface area (Å²) in [7, 11) is 0. The average Bonchev–Trinajstić information content (AvgIpc) is 3.90. The van der Waals surface area contributed by atoms with Crippen LogP contribution in [0.25, 0.3) is 5.69 Å². The van der Waals surface area contributed by atoms with E-state index in [1.807, 2.05) is 31.2 Å². The van der Waals surface area contributed by atoms with Gasteiger partial charge in [-0.15, -0.1) is 11.8 Å². The van der Waals surface area contributed by atoms with E-state index in [2.05, 4.69) is 49.2 Å². The van der Waals surface area contributed by atoms with Crippen LogP contribution in [0.4, 0.5) is 20.2 Å². The van der Waals surface area contributed by atoms with E-state index < -0.39 is 23.3 Å². The van der Waals surface area contributed by atoms with Gasteiger partial charge in [0.2, 0.25) is 0 Å². The van der Waals surface area contributed by atoms with Crippen molar-refractivity contribution >= 4 is 23.1 Å². The molecule has 7 rings (SSSR count). The summed E-state index contributed by atoms with van der Waals surface area (Å²) in [6.45, 7) is 7.38. The molecule has 4 atom stereocenters. The number of aliphatic hydroxyl groups is 1. The first kappa shape index (κ1) is 34.9. The summed E-state index contributed by atoms with van der Waals surface area (Å²) in [4.78, 5) is 21.7. The second kappa shape index (κ2) is 15.0. The number of halogens is 2. The van der Waals surface area contributed by atoms with E-state index in [9.17, 15) is 18.7 Å². The Morgan fingerprint density at radius 1 is 0.941 bits per heavy atom. The molecule has 2 aromatic heterocycles. The molecule has 0 bridgehead atoms. The maximum atomic E-state index is 15.0. The highest BCUT2D eigenvalue weighted by atomic mass is 32.2. The number of piperazine rings is 1. The van der Waals surface area contributed by atoms with Crippen LogP contribution in [0.15, 0.2) is 90.5 Å². The summed E-state index contributed by atoms with van der Waals surface area (Å²) < 4.78 is 39.8. The maximum absolute atomic E-state index is 15.0. The molecular weight excluding hydrogens is 675 g/mol. The Balaban J connectivity index is 0.923. The molecule has 4 heterocycles. The van der Waals surface area contributed by atoms with Crippen molar-refractivity contribution in [3.63, 3.8) is 0 Å². The van der Waals surface area contributed by atoms with Crippen LogP contribution in [0, 0.1) is 11.6 Å². The number of aromatic nitrogens is 6. The Bertz CT molecular complexity index is 1960. The zero-order valence-electron chi connectivity index (χ0n) is 28.7. The lowest BCUT2D eigenvalue weighted by molar-refractivity contribution is -0.0317. The number of ether oxygens (including phenoxy) is 1. The quantitative estimate of drug-likeness (QED) is 0.179. The molecule has 0 spiro atoms. The van der Waals surface area contributed by atoms with E-state index in [0.29, 0.717) is 24.9 Å².